The minimum absolute atomic E-state index is 0.486. The van der Waals surface area contributed by atoms with Crippen LogP contribution in [-0.4, -0.2) is 12.0 Å². The number of nitrogens with two attached hydrogens (primary N) is 1. The van der Waals surface area contributed by atoms with Gasteiger partial charge in [-0.15, -0.1) is 11.3 Å². The number of hydrogen-bond donors (Lipinski definition) is 1. The smallest absolute Gasteiger partial charge is 0.122 e. The fraction of sp³-hybridized carbons (Fsp3) is 0.250. The van der Waals surface area contributed by atoms with Gasteiger partial charge in [0.05, 0.1) is 16.9 Å². The fourth-order valence-electron chi connectivity index (χ4n) is 2.90. The van der Waals surface area contributed by atoms with Crippen molar-refractivity contribution in [1.29, 1.82) is 0 Å². The zero-order chi connectivity index (χ0) is 18.0. The molecule has 5 heteroatoms. The lowest BCUT2D eigenvalue weighted by molar-refractivity contribution is 0.303. The summed E-state index contributed by atoms with van der Waals surface area (Å²) >= 11 is 1.66. The van der Waals surface area contributed by atoms with E-state index in [2.05, 4.69) is 44.0 Å². The number of aryl methyl sites for hydroxylation is 3. The Labute approximate surface area is 152 Å². The summed E-state index contributed by atoms with van der Waals surface area (Å²) in [7, 11) is 1.84. The summed E-state index contributed by atoms with van der Waals surface area (Å²) in [5.41, 5.74) is 8.41. The highest BCUT2D eigenvalue weighted by Gasteiger charge is 2.11. The average Bonchev–Trinajstić information content (AvgIpc) is 3.00. The van der Waals surface area contributed by atoms with Gasteiger partial charge in [-0.25, -0.2) is 10.8 Å². The van der Waals surface area contributed by atoms with E-state index in [1.807, 2.05) is 30.8 Å². The summed E-state index contributed by atoms with van der Waals surface area (Å²) in [5.74, 6) is 6.82. The zero-order valence-corrected chi connectivity index (χ0v) is 15.9. The first kappa shape index (κ1) is 17.5. The van der Waals surface area contributed by atoms with Crippen LogP contribution >= 0.6 is 11.3 Å². The predicted molar refractivity (Wildman–Crippen MR) is 105 cm³/mol. The molecular formula is C20H23N3OS. The number of benzene rings is 2. The third kappa shape index (κ3) is 3.67. The van der Waals surface area contributed by atoms with Gasteiger partial charge in [0.25, 0.3) is 0 Å². The molecule has 2 N–H and O–H groups in total. The molecule has 25 heavy (non-hydrogen) atoms. The van der Waals surface area contributed by atoms with E-state index in [-0.39, 0.29) is 0 Å². The molecule has 0 saturated carbocycles. The third-order valence-electron chi connectivity index (χ3n) is 4.33. The van der Waals surface area contributed by atoms with Gasteiger partial charge in [0, 0.05) is 23.1 Å². The highest BCUT2D eigenvalue weighted by Crippen LogP contribution is 2.30. The minimum Gasteiger partial charge on any atom is -0.489 e. The molecule has 2 aromatic carbocycles. The number of thiazole rings is 1. The fourth-order valence-corrected chi connectivity index (χ4v) is 3.49. The van der Waals surface area contributed by atoms with E-state index in [9.17, 15) is 0 Å². The molecule has 0 amide bonds. The maximum atomic E-state index is 6.10. The van der Waals surface area contributed by atoms with E-state index in [0.717, 1.165) is 33.8 Å². The Morgan fingerprint density at radius 1 is 1.12 bits per heavy atom. The summed E-state index contributed by atoms with van der Waals surface area (Å²) in [6.45, 7) is 6.72. The van der Waals surface area contributed by atoms with E-state index in [0.29, 0.717) is 6.61 Å². The molecule has 0 atom stereocenters. The summed E-state index contributed by atoms with van der Waals surface area (Å²) < 4.78 is 6.10. The quantitative estimate of drug-likeness (QED) is 0.537. The lowest BCUT2D eigenvalue weighted by atomic mass is 10.1. The Balaban J connectivity index is 1.82. The standard InChI is InChI=1S/C20H23N3OS/c1-13-6-5-7-18(23(4)21)17(13)11-24-19-9-8-16(10-14(19)2)20-15(3)25-12-22-20/h5-10,12H,11,21H2,1-4H3. The predicted octanol–water partition coefficient (Wildman–Crippen LogP) is 4.62. The van der Waals surface area contributed by atoms with Gasteiger partial charge < -0.3 is 9.75 Å². The van der Waals surface area contributed by atoms with Crippen molar-refractivity contribution >= 4 is 17.0 Å². The lowest BCUT2D eigenvalue weighted by Crippen LogP contribution is -2.26. The first-order chi connectivity index (χ1) is 12.0. The van der Waals surface area contributed by atoms with Crippen molar-refractivity contribution < 1.29 is 4.74 Å². The normalized spacial score (nSPS) is 10.8. The maximum Gasteiger partial charge on any atom is 0.122 e. The van der Waals surface area contributed by atoms with Crippen molar-refractivity contribution in [2.24, 2.45) is 5.84 Å². The van der Waals surface area contributed by atoms with Crippen molar-refractivity contribution in [2.45, 2.75) is 27.4 Å². The lowest BCUT2D eigenvalue weighted by Gasteiger charge is -2.19. The molecule has 1 aromatic heterocycles. The van der Waals surface area contributed by atoms with Crippen LogP contribution in [0.4, 0.5) is 5.69 Å². The van der Waals surface area contributed by atoms with E-state index >= 15 is 0 Å². The van der Waals surface area contributed by atoms with E-state index in [1.165, 1.54) is 10.4 Å². The van der Waals surface area contributed by atoms with Gasteiger partial charge >= 0.3 is 0 Å². The molecule has 0 aliphatic heterocycles. The molecule has 3 rings (SSSR count). The van der Waals surface area contributed by atoms with Crippen LogP contribution in [0.15, 0.2) is 41.9 Å². The van der Waals surface area contributed by atoms with Crippen LogP contribution in [-0.2, 0) is 6.61 Å². The number of nitrogens with zero attached hydrogens (tertiary/aromatic N) is 2. The Hall–Kier alpha value is -2.37. The second kappa shape index (κ2) is 7.25. The molecule has 4 nitrogen and oxygen atoms in total. The number of ether oxygens (including phenoxy) is 1. The Kier molecular flexibility index (Phi) is 5.06. The molecule has 0 bridgehead atoms. The van der Waals surface area contributed by atoms with Crippen LogP contribution in [0.2, 0.25) is 0 Å². The van der Waals surface area contributed by atoms with Gasteiger partial charge in [0.2, 0.25) is 0 Å². The zero-order valence-electron chi connectivity index (χ0n) is 15.0. The van der Waals surface area contributed by atoms with Crippen LogP contribution < -0.4 is 15.6 Å². The van der Waals surface area contributed by atoms with Crippen LogP contribution in [0.1, 0.15) is 21.6 Å². The number of rotatable bonds is 5. The molecule has 0 spiro atoms. The second-order valence-corrected chi connectivity index (χ2v) is 7.27. The van der Waals surface area contributed by atoms with E-state index in [4.69, 9.17) is 10.6 Å². The van der Waals surface area contributed by atoms with Crippen LogP contribution in [0.25, 0.3) is 11.3 Å². The van der Waals surface area contributed by atoms with Crippen molar-refractivity contribution in [3.05, 3.63) is 63.5 Å². The van der Waals surface area contributed by atoms with Gasteiger partial charge in [-0.1, -0.05) is 12.1 Å². The molecule has 0 radical (unpaired) electrons. The molecule has 0 aliphatic rings. The van der Waals surface area contributed by atoms with Crippen molar-refractivity contribution in [3.63, 3.8) is 0 Å². The topological polar surface area (TPSA) is 51.4 Å². The van der Waals surface area contributed by atoms with Gasteiger partial charge in [0.1, 0.15) is 12.4 Å². The van der Waals surface area contributed by atoms with Crippen LogP contribution in [0.5, 0.6) is 5.75 Å². The molecule has 0 aliphatic carbocycles. The SMILES string of the molecule is Cc1cc(-c2ncsc2C)ccc1OCc1c(C)cccc1N(C)N. The van der Waals surface area contributed by atoms with Gasteiger partial charge in [0.15, 0.2) is 0 Å². The molecule has 0 unspecified atom stereocenters. The van der Waals surface area contributed by atoms with Crippen molar-refractivity contribution in [3.8, 4) is 17.0 Å². The second-order valence-electron chi connectivity index (χ2n) is 6.21. The Morgan fingerprint density at radius 3 is 2.56 bits per heavy atom. The number of hydrogen-bond acceptors (Lipinski definition) is 5. The van der Waals surface area contributed by atoms with Crippen LogP contribution in [0, 0.1) is 20.8 Å². The Morgan fingerprint density at radius 2 is 1.92 bits per heavy atom. The summed E-state index contributed by atoms with van der Waals surface area (Å²) in [6, 6.07) is 12.3. The monoisotopic (exact) mass is 353 g/mol. The molecule has 0 fully saturated rings. The molecule has 130 valence electrons. The van der Waals surface area contributed by atoms with Gasteiger partial charge in [-0.05, 0) is 56.2 Å². The van der Waals surface area contributed by atoms with Gasteiger partial charge in [-0.2, -0.15) is 0 Å². The largest absolute Gasteiger partial charge is 0.489 e. The number of aromatic nitrogens is 1. The number of hydrazine groups is 1. The highest BCUT2D eigenvalue weighted by molar-refractivity contribution is 7.10. The van der Waals surface area contributed by atoms with E-state index < -0.39 is 0 Å². The van der Waals surface area contributed by atoms with Crippen LogP contribution in [0.3, 0.4) is 0 Å². The summed E-state index contributed by atoms with van der Waals surface area (Å²) in [4.78, 5) is 5.68. The van der Waals surface area contributed by atoms with Crippen molar-refractivity contribution in [2.75, 3.05) is 12.1 Å². The molecule has 0 saturated heterocycles. The molecule has 1 heterocycles. The average molecular weight is 353 g/mol. The first-order valence-electron chi connectivity index (χ1n) is 8.18. The van der Waals surface area contributed by atoms with E-state index in [1.54, 1.807) is 16.3 Å². The number of anilines is 1. The maximum absolute atomic E-state index is 6.10. The third-order valence-corrected chi connectivity index (χ3v) is 5.09. The minimum atomic E-state index is 0.486. The summed E-state index contributed by atoms with van der Waals surface area (Å²) in [5, 5.41) is 1.63. The first-order valence-corrected chi connectivity index (χ1v) is 9.06. The molecular weight excluding hydrogens is 330 g/mol. The van der Waals surface area contributed by atoms with Gasteiger partial charge in [-0.3, -0.25) is 0 Å². The van der Waals surface area contributed by atoms with Crippen molar-refractivity contribution in [1.82, 2.24) is 4.98 Å². The molecule has 3 aromatic rings. The highest BCUT2D eigenvalue weighted by atomic mass is 32.1. The summed E-state index contributed by atoms with van der Waals surface area (Å²) in [6.07, 6.45) is 0. The Bertz CT molecular complexity index is 886.